The zero-order valence-electron chi connectivity index (χ0n) is 9.58. The lowest BCUT2D eigenvalue weighted by molar-refractivity contribution is 0.245. The predicted molar refractivity (Wildman–Crippen MR) is 58.1 cm³/mol. The number of anilines is 1. The maximum Gasteiger partial charge on any atom is 0.265 e. The maximum absolute atomic E-state index is 5.33. The van der Waals surface area contributed by atoms with Crippen molar-refractivity contribution in [3.05, 3.63) is 5.89 Å². The normalized spacial score (nSPS) is 26.6. The van der Waals surface area contributed by atoms with Gasteiger partial charge in [0.1, 0.15) is 0 Å². The summed E-state index contributed by atoms with van der Waals surface area (Å²) in [6.45, 7) is 4.18. The molecule has 0 saturated carbocycles. The topological polar surface area (TPSA) is 54.2 Å². The Morgan fingerprint density at radius 3 is 2.80 bits per heavy atom. The van der Waals surface area contributed by atoms with Gasteiger partial charge in [-0.15, -0.1) is 0 Å². The van der Waals surface area contributed by atoms with Crippen molar-refractivity contribution in [3.63, 3.8) is 0 Å². The SMILES string of the molecule is CN(C)c1noc(C2(C)CCCNC2)n1. The molecular formula is C10H18N4O. The van der Waals surface area contributed by atoms with E-state index in [0.717, 1.165) is 31.8 Å². The van der Waals surface area contributed by atoms with Gasteiger partial charge in [-0.3, -0.25) is 0 Å². The molecule has 1 aromatic heterocycles. The van der Waals surface area contributed by atoms with Crippen molar-refractivity contribution < 1.29 is 4.52 Å². The zero-order chi connectivity index (χ0) is 10.9. The summed E-state index contributed by atoms with van der Waals surface area (Å²) in [5.41, 5.74) is -0.000486. The van der Waals surface area contributed by atoms with Crippen LogP contribution in [0.15, 0.2) is 4.52 Å². The van der Waals surface area contributed by atoms with Crippen molar-refractivity contribution in [1.82, 2.24) is 15.5 Å². The van der Waals surface area contributed by atoms with Crippen LogP contribution in [0.3, 0.4) is 0 Å². The van der Waals surface area contributed by atoms with Crippen LogP contribution in [0.2, 0.25) is 0 Å². The summed E-state index contributed by atoms with van der Waals surface area (Å²) in [6, 6.07) is 0. The van der Waals surface area contributed by atoms with Crippen LogP contribution >= 0.6 is 0 Å². The van der Waals surface area contributed by atoms with Crippen molar-refractivity contribution in [2.45, 2.75) is 25.2 Å². The predicted octanol–water partition coefficient (Wildman–Crippen LogP) is 0.777. The van der Waals surface area contributed by atoms with Gasteiger partial charge in [-0.2, -0.15) is 4.98 Å². The van der Waals surface area contributed by atoms with E-state index in [2.05, 4.69) is 22.4 Å². The van der Waals surface area contributed by atoms with Crippen LogP contribution in [-0.2, 0) is 5.41 Å². The average molecular weight is 210 g/mol. The summed E-state index contributed by atoms with van der Waals surface area (Å²) in [4.78, 5) is 6.27. The van der Waals surface area contributed by atoms with E-state index >= 15 is 0 Å². The average Bonchev–Trinajstić information content (AvgIpc) is 2.68. The molecule has 1 aliphatic heterocycles. The van der Waals surface area contributed by atoms with Gasteiger partial charge in [0.25, 0.3) is 5.95 Å². The molecule has 5 heteroatoms. The largest absolute Gasteiger partial charge is 0.344 e. The lowest BCUT2D eigenvalue weighted by Crippen LogP contribution is -2.41. The molecular weight excluding hydrogens is 192 g/mol. The molecule has 2 rings (SSSR count). The van der Waals surface area contributed by atoms with Gasteiger partial charge < -0.3 is 14.7 Å². The Balaban J connectivity index is 2.20. The molecule has 15 heavy (non-hydrogen) atoms. The molecule has 1 aliphatic rings. The summed E-state index contributed by atoms with van der Waals surface area (Å²) in [6.07, 6.45) is 2.27. The minimum absolute atomic E-state index is 0.000486. The minimum atomic E-state index is -0.000486. The smallest absolute Gasteiger partial charge is 0.265 e. The number of piperidine rings is 1. The first-order valence-electron chi connectivity index (χ1n) is 5.34. The first kappa shape index (κ1) is 10.4. The second-order valence-electron chi connectivity index (χ2n) is 4.63. The van der Waals surface area contributed by atoms with Crippen molar-refractivity contribution in [2.24, 2.45) is 0 Å². The van der Waals surface area contributed by atoms with Crippen LogP contribution in [0.4, 0.5) is 5.95 Å². The summed E-state index contributed by atoms with van der Waals surface area (Å²) in [5.74, 6) is 1.40. The fraction of sp³-hybridized carbons (Fsp3) is 0.800. The molecule has 0 aliphatic carbocycles. The summed E-state index contributed by atoms with van der Waals surface area (Å²) in [5, 5.41) is 7.32. The molecule has 5 nitrogen and oxygen atoms in total. The summed E-state index contributed by atoms with van der Waals surface area (Å²) < 4.78 is 5.33. The number of nitrogens with zero attached hydrogens (tertiary/aromatic N) is 3. The molecule has 1 aromatic rings. The van der Waals surface area contributed by atoms with Crippen LogP contribution in [0.1, 0.15) is 25.7 Å². The van der Waals surface area contributed by atoms with E-state index in [1.54, 1.807) is 0 Å². The van der Waals surface area contributed by atoms with E-state index in [1.165, 1.54) is 0 Å². The molecule has 1 fully saturated rings. The second kappa shape index (κ2) is 3.81. The molecule has 1 unspecified atom stereocenters. The molecule has 0 spiro atoms. The molecule has 2 heterocycles. The number of nitrogens with one attached hydrogen (secondary N) is 1. The monoisotopic (exact) mass is 210 g/mol. The molecule has 0 aromatic carbocycles. The van der Waals surface area contributed by atoms with Crippen LogP contribution in [0.25, 0.3) is 0 Å². The number of hydrogen-bond acceptors (Lipinski definition) is 5. The van der Waals surface area contributed by atoms with E-state index in [4.69, 9.17) is 4.52 Å². The maximum atomic E-state index is 5.33. The lowest BCUT2D eigenvalue weighted by Gasteiger charge is -2.30. The van der Waals surface area contributed by atoms with Crippen LogP contribution < -0.4 is 10.2 Å². The van der Waals surface area contributed by atoms with Gasteiger partial charge in [0.15, 0.2) is 0 Å². The van der Waals surface area contributed by atoms with Gasteiger partial charge in [-0.1, -0.05) is 0 Å². The van der Waals surface area contributed by atoms with E-state index < -0.39 is 0 Å². The van der Waals surface area contributed by atoms with Crippen molar-refractivity contribution >= 4 is 5.95 Å². The van der Waals surface area contributed by atoms with E-state index in [0.29, 0.717) is 5.95 Å². The van der Waals surface area contributed by atoms with Gasteiger partial charge in [0, 0.05) is 20.6 Å². The Morgan fingerprint density at radius 1 is 1.47 bits per heavy atom. The van der Waals surface area contributed by atoms with Crippen molar-refractivity contribution in [3.8, 4) is 0 Å². The highest BCUT2D eigenvalue weighted by Gasteiger charge is 2.34. The molecule has 1 N–H and O–H groups in total. The van der Waals surface area contributed by atoms with Gasteiger partial charge in [-0.05, 0) is 31.5 Å². The molecule has 0 bridgehead atoms. The van der Waals surface area contributed by atoms with Crippen molar-refractivity contribution in [1.29, 1.82) is 0 Å². The zero-order valence-corrected chi connectivity index (χ0v) is 9.58. The Hall–Kier alpha value is -1.10. The fourth-order valence-electron chi connectivity index (χ4n) is 1.88. The summed E-state index contributed by atoms with van der Waals surface area (Å²) in [7, 11) is 3.83. The fourth-order valence-corrected chi connectivity index (χ4v) is 1.88. The third kappa shape index (κ3) is 1.97. The Labute approximate surface area is 89.8 Å². The molecule has 1 saturated heterocycles. The van der Waals surface area contributed by atoms with Gasteiger partial charge in [0.2, 0.25) is 5.89 Å². The van der Waals surface area contributed by atoms with Gasteiger partial charge in [0.05, 0.1) is 5.41 Å². The first-order chi connectivity index (χ1) is 7.12. The van der Waals surface area contributed by atoms with E-state index in [9.17, 15) is 0 Å². The highest BCUT2D eigenvalue weighted by Crippen LogP contribution is 2.29. The van der Waals surface area contributed by atoms with Crippen LogP contribution in [0, 0.1) is 0 Å². The number of aromatic nitrogens is 2. The number of rotatable bonds is 2. The van der Waals surface area contributed by atoms with Crippen LogP contribution in [0.5, 0.6) is 0 Å². The highest BCUT2D eigenvalue weighted by atomic mass is 16.5. The second-order valence-corrected chi connectivity index (χ2v) is 4.63. The molecule has 0 amide bonds. The van der Waals surface area contributed by atoms with E-state index in [1.807, 2.05) is 19.0 Å². The Morgan fingerprint density at radius 2 is 2.27 bits per heavy atom. The van der Waals surface area contributed by atoms with Gasteiger partial charge in [-0.25, -0.2) is 0 Å². The van der Waals surface area contributed by atoms with Crippen molar-refractivity contribution in [2.75, 3.05) is 32.1 Å². The quantitative estimate of drug-likeness (QED) is 0.781. The summed E-state index contributed by atoms with van der Waals surface area (Å²) >= 11 is 0. The molecule has 84 valence electrons. The Bertz CT molecular complexity index is 328. The minimum Gasteiger partial charge on any atom is -0.344 e. The third-order valence-electron chi connectivity index (χ3n) is 2.93. The van der Waals surface area contributed by atoms with Crippen LogP contribution in [-0.4, -0.2) is 37.3 Å². The molecule has 1 atom stereocenters. The number of hydrogen-bond donors (Lipinski definition) is 1. The molecule has 0 radical (unpaired) electrons. The standard InChI is InChI=1S/C10H18N4O/c1-10(5-4-6-11-7-10)8-12-9(13-15-8)14(2)3/h11H,4-7H2,1-3H3. The third-order valence-corrected chi connectivity index (χ3v) is 2.93. The highest BCUT2D eigenvalue weighted by molar-refractivity contribution is 5.25. The lowest BCUT2D eigenvalue weighted by atomic mass is 9.83. The van der Waals surface area contributed by atoms with Gasteiger partial charge >= 0.3 is 0 Å². The first-order valence-corrected chi connectivity index (χ1v) is 5.34. The van der Waals surface area contributed by atoms with E-state index in [-0.39, 0.29) is 5.41 Å². The Kier molecular flexibility index (Phi) is 2.65.